The Labute approximate surface area is 116 Å². The van der Waals surface area contributed by atoms with Gasteiger partial charge in [0.05, 0.1) is 12.3 Å². The average molecular weight is 283 g/mol. The molecule has 6 nitrogen and oxygen atoms in total. The molecule has 1 aliphatic rings. The predicted octanol–water partition coefficient (Wildman–Crippen LogP) is 0.728. The van der Waals surface area contributed by atoms with E-state index in [4.69, 9.17) is 4.74 Å². The Balaban J connectivity index is 3.05. The van der Waals surface area contributed by atoms with Crippen LogP contribution < -0.4 is 5.32 Å². The van der Waals surface area contributed by atoms with E-state index in [0.29, 0.717) is 10.6 Å². The Morgan fingerprint density at radius 3 is 2.74 bits per heavy atom. The molecule has 0 unspecified atom stereocenters. The summed E-state index contributed by atoms with van der Waals surface area (Å²) in [6.45, 7) is 1.93. The van der Waals surface area contributed by atoms with Crippen LogP contribution in [0.25, 0.3) is 0 Å². The third-order valence-electron chi connectivity index (χ3n) is 2.16. The lowest BCUT2D eigenvalue weighted by Crippen LogP contribution is -2.17. The van der Waals surface area contributed by atoms with Crippen molar-refractivity contribution in [3.63, 3.8) is 0 Å². The maximum absolute atomic E-state index is 11.8. The molecular weight excluding hydrogens is 266 g/mol. The summed E-state index contributed by atoms with van der Waals surface area (Å²) in [4.78, 5) is 24.2. The highest BCUT2D eigenvalue weighted by Crippen LogP contribution is 2.36. The van der Waals surface area contributed by atoms with Crippen molar-refractivity contribution in [3.05, 3.63) is 22.3 Å². The summed E-state index contributed by atoms with van der Waals surface area (Å²) in [6.07, 6.45) is 3.25. The lowest BCUT2D eigenvalue weighted by atomic mass is 10.2. The summed E-state index contributed by atoms with van der Waals surface area (Å²) in [5.41, 5.74) is 0.539. The molecule has 0 bridgehead atoms. The molecule has 0 saturated carbocycles. The molecule has 7 heteroatoms. The summed E-state index contributed by atoms with van der Waals surface area (Å²) in [5.74, 6) is -0.600. The molecular formula is C12H17N3O3S. The second-order valence-corrected chi connectivity index (χ2v) is 4.77. The number of carbonyl (C=O) groups excluding carboxylic acids is 2. The van der Waals surface area contributed by atoms with Crippen LogP contribution in [0.2, 0.25) is 0 Å². The van der Waals surface area contributed by atoms with Gasteiger partial charge in [0.25, 0.3) is 0 Å². The number of esters is 1. The number of carbonyl (C=O) groups is 2. The number of hydrogen-bond acceptors (Lipinski definition) is 7. The van der Waals surface area contributed by atoms with Gasteiger partial charge in [0.2, 0.25) is 5.12 Å². The molecule has 0 atom stereocenters. The molecule has 0 spiro atoms. The summed E-state index contributed by atoms with van der Waals surface area (Å²) in [5, 5.41) is 8.21. The predicted molar refractivity (Wildman–Crippen MR) is 75.6 cm³/mol. The van der Waals surface area contributed by atoms with E-state index in [2.05, 4.69) is 10.4 Å². The fourth-order valence-corrected chi connectivity index (χ4v) is 2.34. The maximum Gasteiger partial charge on any atom is 0.344 e. The molecule has 0 fully saturated rings. The Bertz CT molecular complexity index is 467. The third-order valence-corrected chi connectivity index (χ3v) is 3.11. The average Bonchev–Trinajstić information content (AvgIpc) is 2.65. The van der Waals surface area contributed by atoms with Gasteiger partial charge in [-0.05, 0) is 24.8 Å². The second kappa shape index (κ2) is 6.98. The first-order valence-corrected chi connectivity index (χ1v) is 6.56. The minimum atomic E-state index is -0.600. The minimum absolute atomic E-state index is 0.0545. The van der Waals surface area contributed by atoms with E-state index in [9.17, 15) is 9.59 Å². The lowest BCUT2D eigenvalue weighted by Gasteiger charge is -2.05. The minimum Gasteiger partial charge on any atom is -0.462 e. The van der Waals surface area contributed by atoms with Crippen LogP contribution in [-0.4, -0.2) is 50.1 Å². The van der Waals surface area contributed by atoms with Gasteiger partial charge in [0, 0.05) is 32.3 Å². The first-order chi connectivity index (χ1) is 9.01. The summed E-state index contributed by atoms with van der Waals surface area (Å²) < 4.78 is 4.88. The fraction of sp³-hybridized carbons (Fsp3) is 0.417. The largest absolute Gasteiger partial charge is 0.462 e. The molecule has 1 rings (SSSR count). The Kier molecular flexibility index (Phi) is 5.62. The van der Waals surface area contributed by atoms with Gasteiger partial charge in [-0.3, -0.25) is 4.79 Å². The molecule has 1 N–H and O–H groups in total. The second-order valence-electron chi connectivity index (χ2n) is 3.75. The molecule has 1 heterocycles. The molecule has 0 aliphatic carbocycles. The van der Waals surface area contributed by atoms with E-state index in [-0.39, 0.29) is 17.3 Å². The van der Waals surface area contributed by atoms with Crippen LogP contribution in [0.1, 0.15) is 6.92 Å². The topological polar surface area (TPSA) is 71.0 Å². The number of ether oxygens (including phenoxy) is 1. The van der Waals surface area contributed by atoms with E-state index in [1.165, 1.54) is 0 Å². The van der Waals surface area contributed by atoms with Crippen LogP contribution in [0.4, 0.5) is 0 Å². The van der Waals surface area contributed by atoms with Crippen LogP contribution in [0.3, 0.4) is 0 Å². The van der Waals surface area contributed by atoms with E-state index in [0.717, 1.165) is 11.8 Å². The zero-order chi connectivity index (χ0) is 14.4. The van der Waals surface area contributed by atoms with E-state index < -0.39 is 5.97 Å². The molecule has 0 amide bonds. The van der Waals surface area contributed by atoms with Crippen molar-refractivity contribution in [3.8, 4) is 0 Å². The van der Waals surface area contributed by atoms with Gasteiger partial charge in [0.15, 0.2) is 0 Å². The highest BCUT2D eigenvalue weighted by molar-refractivity contribution is 8.18. The zero-order valence-corrected chi connectivity index (χ0v) is 12.2. The first kappa shape index (κ1) is 15.3. The Morgan fingerprint density at radius 1 is 1.53 bits per heavy atom. The van der Waals surface area contributed by atoms with Crippen LogP contribution in [-0.2, 0) is 14.3 Å². The number of thioether (sulfide) groups is 1. The molecule has 19 heavy (non-hydrogen) atoms. The van der Waals surface area contributed by atoms with E-state index in [1.807, 2.05) is 0 Å². The van der Waals surface area contributed by atoms with Gasteiger partial charge in [0.1, 0.15) is 5.57 Å². The van der Waals surface area contributed by atoms with Crippen LogP contribution in [0.5, 0.6) is 0 Å². The van der Waals surface area contributed by atoms with Gasteiger partial charge in [-0.2, -0.15) is 5.10 Å². The number of hydrogen-bond donors (Lipinski definition) is 1. The third kappa shape index (κ3) is 3.85. The zero-order valence-electron chi connectivity index (χ0n) is 11.4. The Morgan fingerprint density at radius 2 is 2.21 bits per heavy atom. The van der Waals surface area contributed by atoms with Crippen molar-refractivity contribution in [2.75, 3.05) is 27.7 Å². The van der Waals surface area contributed by atoms with Crippen molar-refractivity contribution < 1.29 is 14.3 Å². The van der Waals surface area contributed by atoms with Crippen LogP contribution in [0.15, 0.2) is 27.4 Å². The number of rotatable bonds is 5. The highest BCUT2D eigenvalue weighted by atomic mass is 32.2. The Hall–Kier alpha value is -1.76. The summed E-state index contributed by atoms with van der Waals surface area (Å²) in [6, 6.07) is 0. The molecule has 0 aromatic heterocycles. The van der Waals surface area contributed by atoms with E-state index in [1.54, 1.807) is 45.4 Å². The lowest BCUT2D eigenvalue weighted by molar-refractivity contribution is -0.139. The smallest absolute Gasteiger partial charge is 0.344 e. The fourth-order valence-electron chi connectivity index (χ4n) is 1.42. The van der Waals surface area contributed by atoms with Gasteiger partial charge >= 0.3 is 5.97 Å². The monoisotopic (exact) mass is 283 g/mol. The normalized spacial score (nSPS) is 17.5. The van der Waals surface area contributed by atoms with Gasteiger partial charge < -0.3 is 15.1 Å². The standard InChI is InChI=1S/C12H17N3O3S/c1-5-18-11(16)9-10(13-2)8(19-12(9)17)6-7-14-15(3)4/h6-7,13H,5H2,1-4H3/b8-6-,14-7+. The van der Waals surface area contributed by atoms with E-state index >= 15 is 0 Å². The van der Waals surface area contributed by atoms with Crippen molar-refractivity contribution in [2.24, 2.45) is 5.10 Å². The van der Waals surface area contributed by atoms with Crippen LogP contribution >= 0.6 is 11.8 Å². The molecule has 0 radical (unpaired) electrons. The maximum atomic E-state index is 11.8. The number of likely N-dealkylation sites (N-methyl/N-ethyl adjacent to an activating group) is 1. The number of hydrazone groups is 1. The van der Waals surface area contributed by atoms with Crippen molar-refractivity contribution in [1.29, 1.82) is 0 Å². The first-order valence-electron chi connectivity index (χ1n) is 5.74. The molecule has 0 aromatic rings. The van der Waals surface area contributed by atoms with Crippen molar-refractivity contribution in [2.45, 2.75) is 6.92 Å². The summed E-state index contributed by atoms with van der Waals surface area (Å²) >= 11 is 0.987. The van der Waals surface area contributed by atoms with Gasteiger partial charge in [-0.15, -0.1) is 0 Å². The number of nitrogens with zero attached hydrogens (tertiary/aromatic N) is 2. The summed E-state index contributed by atoms with van der Waals surface area (Å²) in [7, 11) is 5.24. The SMILES string of the molecule is CCOC(=O)C1=C(NC)/C(=C/C=N/N(C)C)SC1=O. The number of allylic oxidation sites excluding steroid dienone is 1. The highest BCUT2D eigenvalue weighted by Gasteiger charge is 2.33. The number of nitrogens with one attached hydrogen (secondary N) is 1. The molecule has 104 valence electrons. The molecule has 0 aromatic carbocycles. The van der Waals surface area contributed by atoms with Crippen LogP contribution in [0, 0.1) is 0 Å². The molecule has 1 aliphatic heterocycles. The van der Waals surface area contributed by atoms with Gasteiger partial charge in [-0.25, -0.2) is 4.79 Å². The van der Waals surface area contributed by atoms with Crippen molar-refractivity contribution in [1.82, 2.24) is 10.3 Å². The van der Waals surface area contributed by atoms with Gasteiger partial charge in [-0.1, -0.05) is 0 Å². The quantitative estimate of drug-likeness (QED) is 0.347. The molecule has 0 saturated heterocycles. The van der Waals surface area contributed by atoms with Crippen molar-refractivity contribution >= 4 is 29.1 Å².